The summed E-state index contributed by atoms with van der Waals surface area (Å²) in [7, 11) is 3.29. The maximum atomic E-state index is 12.9. The molecule has 6 nitrogen and oxygen atoms in total. The largest absolute Gasteiger partial charge is 0.497 e. The number of halogens is 1. The molecule has 1 saturated heterocycles. The van der Waals surface area contributed by atoms with Crippen LogP contribution in [0.3, 0.4) is 0 Å². The summed E-state index contributed by atoms with van der Waals surface area (Å²) in [5.74, 6) is 1.60. The minimum Gasteiger partial charge on any atom is -0.497 e. The van der Waals surface area contributed by atoms with Crippen molar-refractivity contribution in [2.24, 2.45) is 0 Å². The number of nitrogens with zero attached hydrogens (tertiary/aromatic N) is 1. The van der Waals surface area contributed by atoms with Crippen LogP contribution in [0.25, 0.3) is 0 Å². The van der Waals surface area contributed by atoms with E-state index in [1.165, 1.54) is 0 Å². The number of hydrogen-bond donors (Lipinski definition) is 2. The van der Waals surface area contributed by atoms with Gasteiger partial charge < -0.3 is 20.1 Å². The summed E-state index contributed by atoms with van der Waals surface area (Å²) in [6, 6.07) is 13.8. The van der Waals surface area contributed by atoms with Gasteiger partial charge in [0.25, 0.3) is 0 Å². The van der Waals surface area contributed by atoms with Gasteiger partial charge in [-0.2, -0.15) is 0 Å². The summed E-state index contributed by atoms with van der Waals surface area (Å²) in [6.45, 7) is 6.10. The average Bonchev–Trinajstić information content (AvgIpc) is 3.14. The highest BCUT2D eigenvalue weighted by atomic mass is 35.5. The standard InChI is InChI=1S/C24H32ClN3O3/c1-16(2)27-24(29)23-11-20(15-28(23)14-17-6-5-7-19(25)8-17)26-13-18-9-21(30-3)12-22(10-18)31-4/h5-10,12,16,20,23,26H,11,13-15H2,1-4H3,(H,27,29)/t20-,23-/m0/s1. The van der Waals surface area contributed by atoms with Gasteiger partial charge in [-0.1, -0.05) is 23.7 Å². The molecule has 2 aromatic carbocycles. The Balaban J connectivity index is 1.69. The first-order valence-electron chi connectivity index (χ1n) is 10.6. The lowest BCUT2D eigenvalue weighted by atomic mass is 10.1. The van der Waals surface area contributed by atoms with Crippen LogP contribution >= 0.6 is 11.6 Å². The first-order chi connectivity index (χ1) is 14.9. The van der Waals surface area contributed by atoms with Crippen LogP contribution in [-0.2, 0) is 17.9 Å². The Morgan fingerprint density at radius 2 is 1.84 bits per heavy atom. The molecule has 0 bridgehead atoms. The van der Waals surface area contributed by atoms with Crippen molar-refractivity contribution in [1.29, 1.82) is 0 Å². The molecule has 1 heterocycles. The number of amides is 1. The van der Waals surface area contributed by atoms with Crippen LogP contribution in [0.5, 0.6) is 11.5 Å². The highest BCUT2D eigenvalue weighted by Crippen LogP contribution is 2.25. The number of carbonyl (C=O) groups is 1. The lowest BCUT2D eigenvalue weighted by molar-refractivity contribution is -0.126. The molecule has 1 aliphatic rings. The van der Waals surface area contributed by atoms with E-state index in [0.717, 1.165) is 35.6 Å². The van der Waals surface area contributed by atoms with Crippen molar-refractivity contribution in [3.05, 3.63) is 58.6 Å². The van der Waals surface area contributed by atoms with Crippen LogP contribution in [0.1, 0.15) is 31.4 Å². The van der Waals surface area contributed by atoms with Gasteiger partial charge in [0.1, 0.15) is 11.5 Å². The Labute approximate surface area is 189 Å². The maximum absolute atomic E-state index is 12.9. The molecule has 3 rings (SSSR count). The lowest BCUT2D eigenvalue weighted by Crippen LogP contribution is -2.45. The van der Waals surface area contributed by atoms with Crippen LogP contribution in [0, 0.1) is 0 Å². The second-order valence-electron chi connectivity index (χ2n) is 8.27. The molecule has 1 fully saturated rings. The highest BCUT2D eigenvalue weighted by molar-refractivity contribution is 6.30. The van der Waals surface area contributed by atoms with Gasteiger partial charge in [-0.25, -0.2) is 0 Å². The summed E-state index contributed by atoms with van der Waals surface area (Å²) >= 11 is 6.16. The minimum atomic E-state index is -0.182. The van der Waals surface area contributed by atoms with E-state index < -0.39 is 0 Å². The Morgan fingerprint density at radius 1 is 1.13 bits per heavy atom. The summed E-state index contributed by atoms with van der Waals surface area (Å²) < 4.78 is 10.7. The van der Waals surface area contributed by atoms with E-state index in [4.69, 9.17) is 21.1 Å². The van der Waals surface area contributed by atoms with Gasteiger partial charge in [0.05, 0.1) is 20.3 Å². The first kappa shape index (κ1) is 23.4. The molecule has 2 atom stereocenters. The molecule has 0 radical (unpaired) electrons. The number of likely N-dealkylation sites (tertiary alicyclic amines) is 1. The number of ether oxygens (including phenoxy) is 2. The highest BCUT2D eigenvalue weighted by Gasteiger charge is 2.36. The van der Waals surface area contributed by atoms with Crippen molar-refractivity contribution >= 4 is 17.5 Å². The predicted molar refractivity (Wildman–Crippen MR) is 124 cm³/mol. The quantitative estimate of drug-likeness (QED) is 0.617. The zero-order chi connectivity index (χ0) is 22.4. The summed E-state index contributed by atoms with van der Waals surface area (Å²) in [5, 5.41) is 7.39. The molecular formula is C24H32ClN3O3. The van der Waals surface area contributed by atoms with Crippen LogP contribution in [0.4, 0.5) is 0 Å². The maximum Gasteiger partial charge on any atom is 0.237 e. The van der Waals surface area contributed by atoms with E-state index in [1.807, 2.05) is 56.3 Å². The third-order valence-corrected chi connectivity index (χ3v) is 5.65. The summed E-state index contributed by atoms with van der Waals surface area (Å²) in [4.78, 5) is 15.1. The third-order valence-electron chi connectivity index (χ3n) is 5.42. The van der Waals surface area contributed by atoms with Crippen LogP contribution in [0.15, 0.2) is 42.5 Å². The molecule has 1 amide bonds. The van der Waals surface area contributed by atoms with E-state index in [-0.39, 0.29) is 24.0 Å². The normalized spacial score (nSPS) is 18.9. The van der Waals surface area contributed by atoms with Crippen molar-refractivity contribution < 1.29 is 14.3 Å². The van der Waals surface area contributed by atoms with Crippen molar-refractivity contribution in [3.8, 4) is 11.5 Å². The Bertz CT molecular complexity index is 868. The summed E-state index contributed by atoms with van der Waals surface area (Å²) in [6.07, 6.45) is 0.750. The number of carbonyl (C=O) groups excluding carboxylic acids is 1. The van der Waals surface area contributed by atoms with Crippen molar-refractivity contribution in [2.75, 3.05) is 20.8 Å². The van der Waals surface area contributed by atoms with Gasteiger partial charge in [0.15, 0.2) is 0 Å². The minimum absolute atomic E-state index is 0.0735. The molecule has 0 aliphatic carbocycles. The first-order valence-corrected chi connectivity index (χ1v) is 11.0. The number of nitrogens with one attached hydrogen (secondary N) is 2. The second-order valence-corrected chi connectivity index (χ2v) is 8.71. The van der Waals surface area contributed by atoms with Crippen LogP contribution < -0.4 is 20.1 Å². The Kier molecular flexibility index (Phi) is 8.18. The molecule has 0 spiro atoms. The molecule has 1 aliphatic heterocycles. The molecule has 31 heavy (non-hydrogen) atoms. The number of methoxy groups -OCH3 is 2. The van der Waals surface area contributed by atoms with Gasteiger partial charge in [0, 0.05) is 42.8 Å². The smallest absolute Gasteiger partial charge is 0.237 e. The molecule has 2 N–H and O–H groups in total. The number of hydrogen-bond acceptors (Lipinski definition) is 5. The zero-order valence-electron chi connectivity index (χ0n) is 18.7. The van der Waals surface area contributed by atoms with E-state index in [0.29, 0.717) is 18.1 Å². The molecule has 7 heteroatoms. The second kappa shape index (κ2) is 10.8. The predicted octanol–water partition coefficient (Wildman–Crippen LogP) is 3.61. The fraction of sp³-hybridized carbons (Fsp3) is 0.458. The third kappa shape index (κ3) is 6.60. The fourth-order valence-electron chi connectivity index (χ4n) is 3.98. The van der Waals surface area contributed by atoms with Crippen LogP contribution in [-0.4, -0.2) is 49.7 Å². The molecule has 2 aromatic rings. The zero-order valence-corrected chi connectivity index (χ0v) is 19.4. The van der Waals surface area contributed by atoms with E-state index in [2.05, 4.69) is 15.5 Å². The van der Waals surface area contributed by atoms with Gasteiger partial charge in [-0.3, -0.25) is 9.69 Å². The van der Waals surface area contributed by atoms with Crippen molar-refractivity contribution in [2.45, 2.75) is 51.5 Å². The Morgan fingerprint density at radius 3 is 2.45 bits per heavy atom. The summed E-state index contributed by atoms with van der Waals surface area (Å²) in [5.41, 5.74) is 2.18. The molecule has 0 unspecified atom stereocenters. The SMILES string of the molecule is COc1cc(CN[C@H]2C[C@@H](C(=O)NC(C)C)N(Cc3cccc(Cl)c3)C2)cc(OC)c1. The molecule has 0 saturated carbocycles. The topological polar surface area (TPSA) is 62.8 Å². The molecule has 168 valence electrons. The van der Waals surface area contributed by atoms with E-state index in [1.54, 1.807) is 14.2 Å². The van der Waals surface area contributed by atoms with Crippen molar-refractivity contribution in [3.63, 3.8) is 0 Å². The lowest BCUT2D eigenvalue weighted by Gasteiger charge is -2.24. The number of rotatable bonds is 9. The molecule has 0 aromatic heterocycles. The van der Waals surface area contributed by atoms with Gasteiger partial charge >= 0.3 is 0 Å². The monoisotopic (exact) mass is 445 g/mol. The Hall–Kier alpha value is -2.28. The van der Waals surface area contributed by atoms with Gasteiger partial charge in [-0.05, 0) is 55.7 Å². The van der Waals surface area contributed by atoms with E-state index in [9.17, 15) is 4.79 Å². The number of benzene rings is 2. The van der Waals surface area contributed by atoms with E-state index >= 15 is 0 Å². The van der Waals surface area contributed by atoms with Gasteiger partial charge in [-0.15, -0.1) is 0 Å². The fourth-order valence-corrected chi connectivity index (χ4v) is 4.19. The average molecular weight is 446 g/mol. The molecular weight excluding hydrogens is 414 g/mol. The van der Waals surface area contributed by atoms with Crippen LogP contribution in [0.2, 0.25) is 5.02 Å². The van der Waals surface area contributed by atoms with Crippen molar-refractivity contribution in [1.82, 2.24) is 15.5 Å². The van der Waals surface area contributed by atoms with Gasteiger partial charge in [0.2, 0.25) is 5.91 Å².